The maximum absolute atomic E-state index is 5.83. The fraction of sp³-hybridized carbons (Fsp3) is 0.615. The summed E-state index contributed by atoms with van der Waals surface area (Å²) in [6, 6.07) is 4.93. The van der Waals surface area contributed by atoms with Gasteiger partial charge < -0.3 is 4.90 Å². The van der Waals surface area contributed by atoms with E-state index >= 15 is 0 Å². The highest BCUT2D eigenvalue weighted by molar-refractivity contribution is 6.16. The maximum Gasteiger partial charge on any atom is 0.0648 e. The van der Waals surface area contributed by atoms with Crippen LogP contribution in [0.3, 0.4) is 0 Å². The zero-order chi connectivity index (χ0) is 11.4. The fourth-order valence-corrected chi connectivity index (χ4v) is 2.73. The van der Waals surface area contributed by atoms with E-state index in [0.717, 1.165) is 18.3 Å². The molecule has 16 heavy (non-hydrogen) atoms. The molecule has 88 valence electrons. The molecule has 1 aromatic heterocycles. The summed E-state index contributed by atoms with van der Waals surface area (Å²) in [6.45, 7) is 3.29. The van der Waals surface area contributed by atoms with Gasteiger partial charge in [-0.15, -0.1) is 11.6 Å². The molecule has 2 rings (SSSR count). The third kappa shape index (κ3) is 2.49. The third-order valence-corrected chi connectivity index (χ3v) is 3.65. The van der Waals surface area contributed by atoms with Crippen LogP contribution in [0.25, 0.3) is 0 Å². The molecule has 0 spiro atoms. The van der Waals surface area contributed by atoms with E-state index in [4.69, 9.17) is 11.6 Å². The van der Waals surface area contributed by atoms with E-state index < -0.39 is 0 Å². The second kappa shape index (κ2) is 5.53. The highest BCUT2D eigenvalue weighted by atomic mass is 35.5. The van der Waals surface area contributed by atoms with Crippen molar-refractivity contribution in [1.29, 1.82) is 0 Å². The molecule has 3 heteroatoms. The van der Waals surface area contributed by atoms with Crippen molar-refractivity contribution in [2.75, 3.05) is 11.4 Å². The summed E-state index contributed by atoms with van der Waals surface area (Å²) in [5.41, 5.74) is 2.25. The summed E-state index contributed by atoms with van der Waals surface area (Å²) in [5.74, 6) is 0.496. The molecule has 1 aliphatic rings. The first-order valence-corrected chi connectivity index (χ1v) is 6.66. The first-order chi connectivity index (χ1) is 7.85. The molecule has 0 radical (unpaired) electrons. The molecule has 0 bridgehead atoms. The number of hydrogen-bond acceptors (Lipinski definition) is 2. The van der Waals surface area contributed by atoms with Gasteiger partial charge in [-0.2, -0.15) is 0 Å². The SMILES string of the molecule is CCN(c1ccnc(CCl)c1)C1CCCC1. The van der Waals surface area contributed by atoms with Crippen LogP contribution in [-0.2, 0) is 5.88 Å². The van der Waals surface area contributed by atoms with Gasteiger partial charge in [0.15, 0.2) is 0 Å². The molecule has 0 aromatic carbocycles. The van der Waals surface area contributed by atoms with Gasteiger partial charge >= 0.3 is 0 Å². The van der Waals surface area contributed by atoms with Crippen molar-refractivity contribution in [1.82, 2.24) is 4.98 Å². The quantitative estimate of drug-likeness (QED) is 0.746. The van der Waals surface area contributed by atoms with Crippen molar-refractivity contribution >= 4 is 17.3 Å². The molecular formula is C13H19ClN2. The second-order valence-electron chi connectivity index (χ2n) is 4.36. The minimum atomic E-state index is 0.496. The Hall–Kier alpha value is -0.760. The number of aromatic nitrogens is 1. The van der Waals surface area contributed by atoms with Gasteiger partial charge in [-0.3, -0.25) is 4.98 Å². The average molecular weight is 239 g/mol. The molecule has 1 saturated carbocycles. The fourth-order valence-electron chi connectivity index (χ4n) is 2.58. The van der Waals surface area contributed by atoms with E-state index in [1.807, 2.05) is 6.20 Å². The van der Waals surface area contributed by atoms with Crippen LogP contribution in [0.5, 0.6) is 0 Å². The second-order valence-corrected chi connectivity index (χ2v) is 4.63. The topological polar surface area (TPSA) is 16.1 Å². The zero-order valence-corrected chi connectivity index (χ0v) is 10.6. The standard InChI is InChI=1S/C13H19ClN2/c1-2-16(12-5-3-4-6-12)13-7-8-15-11(9-13)10-14/h7-9,12H,2-6,10H2,1H3. The van der Waals surface area contributed by atoms with Gasteiger partial charge in [-0.1, -0.05) is 12.8 Å². The highest BCUT2D eigenvalue weighted by Crippen LogP contribution is 2.28. The van der Waals surface area contributed by atoms with Crippen molar-refractivity contribution in [3.05, 3.63) is 24.0 Å². The molecule has 0 aliphatic heterocycles. The Bertz CT molecular complexity index is 334. The van der Waals surface area contributed by atoms with Crippen LogP contribution in [0.15, 0.2) is 18.3 Å². The normalized spacial score (nSPS) is 16.6. The van der Waals surface area contributed by atoms with Crippen LogP contribution in [0.1, 0.15) is 38.3 Å². The number of rotatable bonds is 4. The predicted octanol–water partition coefficient (Wildman–Crippen LogP) is 3.59. The summed E-state index contributed by atoms with van der Waals surface area (Å²) in [5, 5.41) is 0. The predicted molar refractivity (Wildman–Crippen MR) is 69.1 cm³/mol. The Morgan fingerprint density at radius 3 is 2.81 bits per heavy atom. The summed E-state index contributed by atoms with van der Waals surface area (Å²) in [6.07, 6.45) is 7.26. The van der Waals surface area contributed by atoms with Crippen LogP contribution < -0.4 is 4.90 Å². The van der Waals surface area contributed by atoms with Crippen molar-refractivity contribution in [3.8, 4) is 0 Å². The van der Waals surface area contributed by atoms with E-state index in [1.54, 1.807) is 0 Å². The molecule has 0 N–H and O–H groups in total. The largest absolute Gasteiger partial charge is 0.369 e. The van der Waals surface area contributed by atoms with E-state index in [9.17, 15) is 0 Å². The lowest BCUT2D eigenvalue weighted by Gasteiger charge is -2.30. The summed E-state index contributed by atoms with van der Waals surface area (Å²) < 4.78 is 0. The molecule has 0 atom stereocenters. The molecule has 0 saturated heterocycles. The van der Waals surface area contributed by atoms with E-state index in [2.05, 4.69) is 28.9 Å². The van der Waals surface area contributed by atoms with E-state index in [1.165, 1.54) is 31.4 Å². The van der Waals surface area contributed by atoms with E-state index in [-0.39, 0.29) is 0 Å². The summed E-state index contributed by atoms with van der Waals surface area (Å²) >= 11 is 5.83. The van der Waals surface area contributed by atoms with Crippen LogP contribution in [0.4, 0.5) is 5.69 Å². The smallest absolute Gasteiger partial charge is 0.0648 e. The average Bonchev–Trinajstić information content (AvgIpc) is 2.84. The van der Waals surface area contributed by atoms with Crippen molar-refractivity contribution < 1.29 is 0 Å². The summed E-state index contributed by atoms with van der Waals surface area (Å²) in [7, 11) is 0. The molecule has 0 amide bonds. The number of halogens is 1. The van der Waals surface area contributed by atoms with Crippen LogP contribution in [0, 0.1) is 0 Å². The van der Waals surface area contributed by atoms with Crippen molar-refractivity contribution in [3.63, 3.8) is 0 Å². The van der Waals surface area contributed by atoms with Gasteiger partial charge in [0.25, 0.3) is 0 Å². The number of hydrogen-bond donors (Lipinski definition) is 0. The Kier molecular flexibility index (Phi) is 4.05. The number of nitrogens with zero attached hydrogens (tertiary/aromatic N) is 2. The Morgan fingerprint density at radius 1 is 1.44 bits per heavy atom. The summed E-state index contributed by atoms with van der Waals surface area (Å²) in [4.78, 5) is 6.73. The first kappa shape index (κ1) is 11.7. The molecule has 0 unspecified atom stereocenters. The zero-order valence-electron chi connectivity index (χ0n) is 9.82. The molecule has 2 nitrogen and oxygen atoms in total. The molecule has 1 fully saturated rings. The minimum Gasteiger partial charge on any atom is -0.369 e. The lowest BCUT2D eigenvalue weighted by molar-refractivity contribution is 0.619. The van der Waals surface area contributed by atoms with Gasteiger partial charge in [0.1, 0.15) is 0 Å². The Balaban J connectivity index is 2.18. The molecule has 1 heterocycles. The Morgan fingerprint density at radius 2 is 2.19 bits per heavy atom. The lowest BCUT2D eigenvalue weighted by atomic mass is 10.2. The maximum atomic E-state index is 5.83. The van der Waals surface area contributed by atoms with Gasteiger partial charge in [0, 0.05) is 24.5 Å². The lowest BCUT2D eigenvalue weighted by Crippen LogP contribution is -2.33. The monoisotopic (exact) mass is 238 g/mol. The number of alkyl halides is 1. The number of anilines is 1. The van der Waals surface area contributed by atoms with Crippen molar-refractivity contribution in [2.45, 2.75) is 44.5 Å². The van der Waals surface area contributed by atoms with Crippen LogP contribution in [0.2, 0.25) is 0 Å². The molecule has 1 aliphatic carbocycles. The Labute approximate surface area is 103 Å². The van der Waals surface area contributed by atoms with Gasteiger partial charge in [0.2, 0.25) is 0 Å². The first-order valence-electron chi connectivity index (χ1n) is 6.12. The minimum absolute atomic E-state index is 0.496. The van der Waals surface area contributed by atoms with E-state index in [0.29, 0.717) is 5.88 Å². The van der Waals surface area contributed by atoms with Gasteiger partial charge in [0.05, 0.1) is 11.6 Å². The van der Waals surface area contributed by atoms with Crippen molar-refractivity contribution in [2.24, 2.45) is 0 Å². The highest BCUT2D eigenvalue weighted by Gasteiger charge is 2.21. The van der Waals surface area contributed by atoms with Crippen LogP contribution >= 0.6 is 11.6 Å². The van der Waals surface area contributed by atoms with Crippen LogP contribution in [-0.4, -0.2) is 17.6 Å². The van der Waals surface area contributed by atoms with Gasteiger partial charge in [-0.25, -0.2) is 0 Å². The third-order valence-electron chi connectivity index (χ3n) is 3.37. The molecule has 1 aromatic rings. The van der Waals surface area contributed by atoms with Gasteiger partial charge in [-0.05, 0) is 31.9 Å². The number of pyridine rings is 1. The molecular weight excluding hydrogens is 220 g/mol.